The van der Waals surface area contributed by atoms with Crippen molar-refractivity contribution in [3.05, 3.63) is 17.3 Å². The molecular weight excluding hydrogens is 426 g/mol. The van der Waals surface area contributed by atoms with E-state index >= 15 is 0 Å². The number of hydrogen-bond acceptors (Lipinski definition) is 7. The van der Waals surface area contributed by atoms with E-state index in [0.717, 1.165) is 29.4 Å². The third-order valence-electron chi connectivity index (χ3n) is 5.95. The molecule has 2 aromatic rings. The maximum atomic E-state index is 11.3. The molecule has 1 unspecified atom stereocenters. The van der Waals surface area contributed by atoms with Crippen molar-refractivity contribution in [1.82, 2.24) is 24.6 Å². The lowest BCUT2D eigenvalue weighted by Crippen LogP contribution is -2.38. The van der Waals surface area contributed by atoms with Crippen molar-refractivity contribution in [3.8, 4) is 11.4 Å². The van der Waals surface area contributed by atoms with Crippen molar-refractivity contribution in [2.45, 2.75) is 58.7 Å². The Morgan fingerprint density at radius 3 is 2.72 bits per heavy atom. The summed E-state index contributed by atoms with van der Waals surface area (Å²) in [4.78, 5) is 23.6. The summed E-state index contributed by atoms with van der Waals surface area (Å²) in [6.07, 6.45) is -0.188. The minimum Gasteiger partial charge on any atom is -0.465 e. The number of carboxylic acid groups (broad SMARTS) is 1. The van der Waals surface area contributed by atoms with Crippen molar-refractivity contribution in [2.24, 2.45) is 0 Å². The first kappa shape index (κ1) is 24.0. The first-order chi connectivity index (χ1) is 15.0. The van der Waals surface area contributed by atoms with E-state index in [1.165, 1.54) is 4.90 Å². The fraction of sp³-hybridized carbons (Fsp3) is 0.619. The number of aryl methyl sites for hydroxylation is 1. The van der Waals surface area contributed by atoms with Crippen LogP contribution in [0.1, 0.15) is 17.7 Å². The maximum absolute atomic E-state index is 11.3. The maximum Gasteiger partial charge on any atom is 0.407 e. The number of nitrogens with zero attached hydrogens (tertiary/aromatic N) is 6. The van der Waals surface area contributed by atoms with Crippen LogP contribution in [0.25, 0.3) is 11.4 Å². The SMILES string of the molecule is Cc1nn(COCC[Si](C)(C)C)c(-c2cc(N3CCC(N(C)C(=O)O)C3)nc(N)n2)c1C. The van der Waals surface area contributed by atoms with Gasteiger partial charge in [-0.1, -0.05) is 19.6 Å². The zero-order chi connectivity index (χ0) is 23.6. The van der Waals surface area contributed by atoms with Crippen molar-refractivity contribution < 1.29 is 14.6 Å². The van der Waals surface area contributed by atoms with Crippen molar-refractivity contribution >= 4 is 25.9 Å². The van der Waals surface area contributed by atoms with E-state index in [4.69, 9.17) is 10.5 Å². The fourth-order valence-corrected chi connectivity index (χ4v) is 4.53. The molecule has 10 nitrogen and oxygen atoms in total. The molecule has 0 aromatic carbocycles. The third kappa shape index (κ3) is 5.57. The Morgan fingerprint density at radius 2 is 2.06 bits per heavy atom. The highest BCUT2D eigenvalue weighted by molar-refractivity contribution is 6.76. The molecule has 0 spiro atoms. The van der Waals surface area contributed by atoms with Gasteiger partial charge in [-0.15, -0.1) is 0 Å². The molecule has 1 fully saturated rings. The molecule has 0 saturated carbocycles. The summed E-state index contributed by atoms with van der Waals surface area (Å²) in [6, 6.07) is 2.91. The minimum absolute atomic E-state index is 0.0820. The van der Waals surface area contributed by atoms with Crippen molar-refractivity contribution in [1.29, 1.82) is 0 Å². The van der Waals surface area contributed by atoms with Crippen LogP contribution in [0.15, 0.2) is 6.07 Å². The van der Waals surface area contributed by atoms with Gasteiger partial charge in [0.15, 0.2) is 0 Å². The Balaban J connectivity index is 1.83. The zero-order valence-electron chi connectivity index (χ0n) is 19.9. The molecule has 0 bridgehead atoms. The highest BCUT2D eigenvalue weighted by atomic mass is 28.3. The number of nitrogen functional groups attached to an aromatic ring is 1. The van der Waals surface area contributed by atoms with E-state index in [0.29, 0.717) is 37.9 Å². The highest BCUT2D eigenvalue weighted by Crippen LogP contribution is 2.29. The Hall–Kier alpha value is -2.66. The monoisotopic (exact) mass is 461 g/mol. The van der Waals surface area contributed by atoms with Crippen LogP contribution >= 0.6 is 0 Å². The number of rotatable bonds is 8. The van der Waals surface area contributed by atoms with E-state index in [9.17, 15) is 9.90 Å². The number of nitrogens with two attached hydrogens (primary N) is 1. The predicted molar refractivity (Wildman–Crippen MR) is 128 cm³/mol. The average Bonchev–Trinajstić information content (AvgIpc) is 3.29. The Kier molecular flexibility index (Phi) is 7.08. The van der Waals surface area contributed by atoms with Crippen LogP contribution in [0, 0.1) is 13.8 Å². The zero-order valence-corrected chi connectivity index (χ0v) is 20.9. The second-order valence-electron chi connectivity index (χ2n) is 9.66. The molecular formula is C21H35N7O3Si. The van der Waals surface area contributed by atoms with Crippen LogP contribution < -0.4 is 10.6 Å². The van der Waals surface area contributed by atoms with E-state index in [-0.39, 0.29) is 12.0 Å². The summed E-state index contributed by atoms with van der Waals surface area (Å²) >= 11 is 0. The van der Waals surface area contributed by atoms with Crippen molar-refractivity contribution in [3.63, 3.8) is 0 Å². The first-order valence-electron chi connectivity index (χ1n) is 10.9. The standard InChI is InChI=1S/C21H35N7O3Si/c1-14-15(2)25-28(13-31-9-10-32(4,5)6)19(14)17-11-18(24-20(22)23-17)27-8-7-16(12-27)26(3)21(29)30/h11,16H,7-10,12-13H2,1-6H3,(H,29,30)(H2,22,23,24). The molecule has 1 aliphatic rings. The number of anilines is 2. The number of amides is 1. The normalized spacial score (nSPS) is 16.6. The summed E-state index contributed by atoms with van der Waals surface area (Å²) in [7, 11) is 0.433. The van der Waals surface area contributed by atoms with E-state index < -0.39 is 14.2 Å². The lowest BCUT2D eigenvalue weighted by atomic mass is 10.1. The van der Waals surface area contributed by atoms with Crippen LogP contribution in [-0.2, 0) is 11.5 Å². The topological polar surface area (TPSA) is 123 Å². The van der Waals surface area contributed by atoms with Gasteiger partial charge in [-0.3, -0.25) is 0 Å². The van der Waals surface area contributed by atoms with Gasteiger partial charge in [0, 0.05) is 40.9 Å². The van der Waals surface area contributed by atoms with Crippen LogP contribution in [0.3, 0.4) is 0 Å². The van der Waals surface area contributed by atoms with E-state index in [1.54, 1.807) is 7.05 Å². The molecule has 1 aliphatic heterocycles. The largest absolute Gasteiger partial charge is 0.465 e. The van der Waals surface area contributed by atoms with Gasteiger partial charge in [0.2, 0.25) is 5.95 Å². The summed E-state index contributed by atoms with van der Waals surface area (Å²) in [5.74, 6) is 0.871. The Labute approximate surface area is 190 Å². The van der Waals surface area contributed by atoms with Crippen molar-refractivity contribution in [2.75, 3.05) is 37.4 Å². The van der Waals surface area contributed by atoms with Gasteiger partial charge < -0.3 is 25.4 Å². The molecule has 0 aliphatic carbocycles. The van der Waals surface area contributed by atoms with Gasteiger partial charge in [0.25, 0.3) is 0 Å². The van der Waals surface area contributed by atoms with Gasteiger partial charge in [-0.05, 0) is 31.9 Å². The molecule has 0 radical (unpaired) electrons. The first-order valence-corrected chi connectivity index (χ1v) is 14.6. The summed E-state index contributed by atoms with van der Waals surface area (Å²) in [6.45, 7) is 13.3. The second kappa shape index (κ2) is 9.45. The molecule has 3 N–H and O–H groups in total. The van der Waals surface area contributed by atoms with Gasteiger partial charge in [-0.25, -0.2) is 14.5 Å². The molecule has 1 amide bonds. The predicted octanol–water partition coefficient (Wildman–Crippen LogP) is 3.04. The second-order valence-corrected chi connectivity index (χ2v) is 15.3. The van der Waals surface area contributed by atoms with Crippen LogP contribution in [-0.4, -0.2) is 76.7 Å². The highest BCUT2D eigenvalue weighted by Gasteiger charge is 2.30. The lowest BCUT2D eigenvalue weighted by molar-refractivity contribution is 0.0795. The number of ether oxygens (including phenoxy) is 1. The van der Waals surface area contributed by atoms with E-state index in [2.05, 4.69) is 39.6 Å². The fourth-order valence-electron chi connectivity index (χ4n) is 3.78. The molecule has 3 heterocycles. The molecule has 176 valence electrons. The van der Waals surface area contributed by atoms with Gasteiger partial charge in [0.1, 0.15) is 12.5 Å². The minimum atomic E-state index is -1.17. The van der Waals surface area contributed by atoms with Gasteiger partial charge >= 0.3 is 6.09 Å². The summed E-state index contributed by atoms with van der Waals surface area (Å²) < 4.78 is 7.78. The quantitative estimate of drug-likeness (QED) is 0.454. The number of hydrogen-bond donors (Lipinski definition) is 2. The molecule has 2 aromatic heterocycles. The Bertz CT molecular complexity index is 973. The van der Waals surface area contributed by atoms with Crippen LogP contribution in [0.5, 0.6) is 0 Å². The number of carbonyl (C=O) groups is 1. The number of aromatic nitrogens is 4. The molecule has 1 atom stereocenters. The lowest BCUT2D eigenvalue weighted by Gasteiger charge is -2.22. The molecule has 1 saturated heterocycles. The average molecular weight is 462 g/mol. The van der Waals surface area contributed by atoms with E-state index in [1.807, 2.05) is 24.6 Å². The number of likely N-dealkylation sites (N-methyl/N-ethyl adjacent to an activating group) is 1. The smallest absolute Gasteiger partial charge is 0.407 e. The summed E-state index contributed by atoms with van der Waals surface area (Å²) in [5.41, 5.74) is 9.56. The molecule has 32 heavy (non-hydrogen) atoms. The van der Waals surface area contributed by atoms with Crippen LogP contribution in [0.2, 0.25) is 25.7 Å². The van der Waals surface area contributed by atoms with Gasteiger partial charge in [-0.2, -0.15) is 10.1 Å². The molecule has 3 rings (SSSR count). The third-order valence-corrected chi connectivity index (χ3v) is 7.65. The Morgan fingerprint density at radius 1 is 1.34 bits per heavy atom. The summed E-state index contributed by atoms with van der Waals surface area (Å²) in [5, 5.41) is 13.9. The molecule has 11 heteroatoms. The van der Waals surface area contributed by atoms with Crippen LogP contribution in [0.4, 0.5) is 16.6 Å². The van der Waals surface area contributed by atoms with Gasteiger partial charge in [0.05, 0.1) is 23.1 Å².